The Labute approximate surface area is 482 Å². The maximum Gasteiger partial charge on any atom is 0.416 e. The molecule has 0 unspecified atom stereocenters. The Bertz CT molecular complexity index is 3480. The van der Waals surface area contributed by atoms with Crippen LogP contribution in [0.4, 0.5) is 21.9 Å². The minimum Gasteiger partial charge on any atom is -0.493 e. The topological polar surface area (TPSA) is 302 Å². The molecule has 8 amide bonds. The summed E-state index contributed by atoms with van der Waals surface area (Å²) in [5, 5.41) is 30.1. The van der Waals surface area contributed by atoms with Crippen molar-refractivity contribution >= 4 is 76.7 Å². The average molecular weight is 1150 g/mol. The van der Waals surface area contributed by atoms with Gasteiger partial charge in [0.1, 0.15) is 31.9 Å². The number of fused-ring (bicyclic) bond motifs is 4. The molecule has 9 rings (SSSR count). The first kappa shape index (κ1) is 58.8. The van der Waals surface area contributed by atoms with Gasteiger partial charge in [0.2, 0.25) is 17.7 Å². The van der Waals surface area contributed by atoms with E-state index in [2.05, 4.69) is 20.9 Å². The van der Waals surface area contributed by atoms with Crippen molar-refractivity contribution in [3.05, 3.63) is 136 Å². The molecule has 5 heterocycles. The molecule has 0 aliphatic carbocycles. The molecule has 5 atom stereocenters. The molecule has 24 heteroatoms. The molecular weight excluding hydrogens is 1090 g/mol. The first-order valence-electron chi connectivity index (χ1n) is 26.9. The summed E-state index contributed by atoms with van der Waals surface area (Å²) in [5.41, 5.74) is 4.00. The van der Waals surface area contributed by atoms with E-state index in [1.54, 1.807) is 80.6 Å². The van der Waals surface area contributed by atoms with E-state index in [-0.39, 0.29) is 96.9 Å². The van der Waals surface area contributed by atoms with E-state index in [0.29, 0.717) is 40.0 Å². The van der Waals surface area contributed by atoms with Gasteiger partial charge >= 0.3 is 12.1 Å². The van der Waals surface area contributed by atoms with Crippen LogP contribution in [0.3, 0.4) is 0 Å². The van der Waals surface area contributed by atoms with Gasteiger partial charge in [0.05, 0.1) is 54.4 Å². The van der Waals surface area contributed by atoms with Crippen molar-refractivity contribution in [2.45, 2.75) is 104 Å². The van der Waals surface area contributed by atoms with E-state index in [9.17, 15) is 53.4 Å². The third-order valence-corrected chi connectivity index (χ3v) is 14.6. The largest absolute Gasteiger partial charge is 0.493 e. The van der Waals surface area contributed by atoms with Gasteiger partial charge in [0.25, 0.3) is 23.6 Å². The Morgan fingerprint density at radius 2 is 1.31 bits per heavy atom. The molecule has 24 nitrogen and oxygen atoms in total. The van der Waals surface area contributed by atoms with Crippen molar-refractivity contribution in [3.8, 4) is 23.0 Å². The van der Waals surface area contributed by atoms with Crippen molar-refractivity contribution in [1.29, 1.82) is 0 Å². The number of nitrogens with zero attached hydrogens (tertiary/aromatic N) is 5. The lowest BCUT2D eigenvalue weighted by atomic mass is 10.0. The molecule has 438 valence electrons. The predicted molar refractivity (Wildman–Crippen MR) is 301 cm³/mol. The monoisotopic (exact) mass is 1150 g/mol. The maximum atomic E-state index is 14.3. The molecule has 84 heavy (non-hydrogen) atoms. The number of hydrogen-bond donors (Lipinski definition) is 5. The van der Waals surface area contributed by atoms with E-state index < -0.39 is 71.9 Å². The van der Waals surface area contributed by atoms with Gasteiger partial charge in [-0.05, 0) is 98.7 Å². The number of carbonyl (C=O) groups is 9. The Morgan fingerprint density at radius 3 is 1.94 bits per heavy atom. The van der Waals surface area contributed by atoms with Gasteiger partial charge < -0.3 is 59.6 Å². The van der Waals surface area contributed by atoms with E-state index in [0.717, 1.165) is 33.1 Å². The van der Waals surface area contributed by atoms with Crippen molar-refractivity contribution in [1.82, 2.24) is 25.3 Å². The number of carboxylic acids is 1. The highest BCUT2D eigenvalue weighted by molar-refractivity contribution is 6.13. The van der Waals surface area contributed by atoms with E-state index in [1.165, 1.54) is 50.3 Å². The highest BCUT2D eigenvalue weighted by Crippen LogP contribution is 2.43. The molecular formula is C60H62N8O16. The minimum atomic E-state index is -1.62. The Hall–Kier alpha value is -9.84. The van der Waals surface area contributed by atoms with Crippen LogP contribution < -0.4 is 39.8 Å². The van der Waals surface area contributed by atoms with Crippen molar-refractivity contribution in [2.75, 3.05) is 31.0 Å². The molecule has 5 aliphatic heterocycles. The Kier molecular flexibility index (Phi) is 17.3. The van der Waals surface area contributed by atoms with Crippen LogP contribution in [0.25, 0.3) is 0 Å². The van der Waals surface area contributed by atoms with Crippen LogP contribution in [0.1, 0.15) is 102 Å². The molecule has 4 aromatic carbocycles. The fourth-order valence-electron chi connectivity index (χ4n) is 10.2. The van der Waals surface area contributed by atoms with Crippen LogP contribution in [-0.2, 0) is 48.5 Å². The number of hydrogen-bond acceptors (Lipinski definition) is 16. The lowest BCUT2D eigenvalue weighted by Crippen LogP contribution is -2.54. The van der Waals surface area contributed by atoms with Gasteiger partial charge in [0.15, 0.2) is 29.2 Å². The normalized spacial score (nSPS) is 18.4. The molecule has 5 aliphatic rings. The van der Waals surface area contributed by atoms with E-state index >= 15 is 0 Å². The van der Waals surface area contributed by atoms with Crippen LogP contribution in [-0.4, -0.2) is 136 Å². The number of imide groups is 1. The van der Waals surface area contributed by atoms with Crippen LogP contribution in [0.5, 0.6) is 23.0 Å². The number of benzene rings is 4. The maximum absolute atomic E-state index is 14.3. The summed E-state index contributed by atoms with van der Waals surface area (Å²) >= 11 is 0. The molecule has 0 aromatic heterocycles. The highest BCUT2D eigenvalue weighted by atomic mass is 16.6. The summed E-state index contributed by atoms with van der Waals surface area (Å²) < 4.78 is 29.6. The number of methoxy groups -OCH3 is 2. The molecule has 0 saturated carbocycles. The SMILES string of the molecule is COc1cc2c(cc1OCc1cc(COc3cc4c(cc3OC)C(=O)N3C=C(C)C[C@H]3[C@H](O)N4C(=O)OCc3ccc(NC(=O)[C@H](C)NC(=O)[C@@H](NC(=O)CCN4C(=O)C=CC4=O)C(C)C)cc3)cc(C(=O)O)c1)N=C[C@@H]1CC(C)=CN1C2=O. The third-order valence-electron chi connectivity index (χ3n) is 14.6. The number of anilines is 2. The smallest absolute Gasteiger partial charge is 0.416 e. The van der Waals surface area contributed by atoms with Crippen molar-refractivity contribution in [2.24, 2.45) is 10.9 Å². The predicted octanol–water partition coefficient (Wildman–Crippen LogP) is 5.89. The van der Waals surface area contributed by atoms with Gasteiger partial charge in [-0.15, -0.1) is 0 Å². The average Bonchev–Trinajstić information content (AvgIpc) is 1.81. The summed E-state index contributed by atoms with van der Waals surface area (Å²) in [6.07, 6.45) is 5.36. The number of aliphatic imine (C=N–C) groups is 1. The van der Waals surface area contributed by atoms with E-state index in [4.69, 9.17) is 23.7 Å². The second kappa shape index (κ2) is 24.7. The summed E-state index contributed by atoms with van der Waals surface area (Å²) in [6, 6.07) is 13.5. The number of aromatic carboxylic acids is 1. The number of nitrogens with one attached hydrogen (secondary N) is 3. The molecule has 0 fully saturated rings. The molecule has 4 aromatic rings. The zero-order valence-corrected chi connectivity index (χ0v) is 47.0. The number of rotatable bonds is 20. The summed E-state index contributed by atoms with van der Waals surface area (Å²) in [5.74, 6) is -4.61. The minimum absolute atomic E-state index is 0.0233. The summed E-state index contributed by atoms with van der Waals surface area (Å²) in [7, 11) is 2.80. The third kappa shape index (κ3) is 12.6. The summed E-state index contributed by atoms with van der Waals surface area (Å²) in [4.78, 5) is 127. The van der Waals surface area contributed by atoms with Crippen molar-refractivity contribution in [3.63, 3.8) is 0 Å². The second-order valence-corrected chi connectivity index (χ2v) is 21.1. The number of aliphatic hydroxyl groups is 1. The standard InChI is InChI=1S/C60H62N8O16/c1-31(2)53(64-50(69)14-15-65-51(70)12-13-52(65)71)55(73)62-34(5)54(72)63-39-10-8-35(9-11-39)28-84-60(79)68-44-24-49(47(81-7)22-42(44)57(75)67-27-33(4)17-45(67)58(68)76)83-30-37-18-36(19-38(20-37)59(77)78)29-82-48-23-43-41(21-46(48)80-6)56(74)66-26-32(3)16-40(66)25-61-43/h8-13,18-27,31,34,40,45,53,58,76H,14-17,28-30H2,1-7H3,(H,62,73)(H,63,72)(H,64,69)(H,77,78)/t34-,40-,45-,53-,58-/m0/s1. The molecule has 0 radical (unpaired) electrons. The van der Waals surface area contributed by atoms with Crippen LogP contribution in [0.15, 0.2) is 107 Å². The number of carboxylic acid groups (broad SMARTS) is 1. The zero-order valence-electron chi connectivity index (χ0n) is 47.0. The van der Waals surface area contributed by atoms with Crippen molar-refractivity contribution < 1.29 is 77.0 Å². The fraction of sp³-hybridized carbons (Fsp3) is 0.333. The van der Waals surface area contributed by atoms with Gasteiger partial charge in [-0.3, -0.25) is 43.5 Å². The number of amides is 8. The van der Waals surface area contributed by atoms with Gasteiger partial charge in [-0.2, -0.15) is 0 Å². The van der Waals surface area contributed by atoms with Crippen LogP contribution in [0.2, 0.25) is 0 Å². The van der Waals surface area contributed by atoms with Crippen LogP contribution >= 0.6 is 0 Å². The molecule has 0 bridgehead atoms. The molecule has 5 N–H and O–H groups in total. The number of carbonyl (C=O) groups excluding carboxylic acids is 8. The molecule has 0 saturated heterocycles. The first-order valence-corrected chi connectivity index (χ1v) is 26.9. The van der Waals surface area contributed by atoms with E-state index in [1.807, 2.05) is 13.1 Å². The first-order chi connectivity index (χ1) is 40.1. The second-order valence-electron chi connectivity index (χ2n) is 21.1. The van der Waals surface area contributed by atoms with Gasteiger partial charge in [-0.1, -0.05) is 37.1 Å². The number of aliphatic hydroxyl groups excluding tert-OH is 1. The van der Waals surface area contributed by atoms with Gasteiger partial charge in [0, 0.05) is 61.6 Å². The fourth-order valence-corrected chi connectivity index (χ4v) is 10.2. The number of ether oxygens (including phenoxy) is 5. The Morgan fingerprint density at radius 1 is 0.702 bits per heavy atom. The summed E-state index contributed by atoms with van der Waals surface area (Å²) in [6.45, 7) is 7.74. The molecule has 0 spiro atoms. The Balaban J connectivity index is 0.865. The lowest BCUT2D eigenvalue weighted by molar-refractivity contribution is -0.137. The quantitative estimate of drug-likeness (QED) is 0.0645. The highest BCUT2D eigenvalue weighted by Gasteiger charge is 2.45. The lowest BCUT2D eigenvalue weighted by Gasteiger charge is -2.31. The van der Waals surface area contributed by atoms with Crippen LogP contribution in [0, 0.1) is 5.92 Å². The van der Waals surface area contributed by atoms with Gasteiger partial charge in [-0.25, -0.2) is 14.5 Å². The zero-order chi connectivity index (χ0) is 60.3.